The zero-order valence-corrected chi connectivity index (χ0v) is 11.0. The van der Waals surface area contributed by atoms with Crippen molar-refractivity contribution in [3.63, 3.8) is 0 Å². The normalized spacial score (nSPS) is 22.7. The molecule has 1 saturated carbocycles. The molecule has 1 heterocycles. The molecule has 3 rings (SSSR count). The molecule has 0 bridgehead atoms. The summed E-state index contributed by atoms with van der Waals surface area (Å²) in [7, 11) is 0. The minimum Gasteiger partial charge on any atom is -0.366 e. The maximum atomic E-state index is 11.7. The molecular formula is C15H19NO2. The fourth-order valence-electron chi connectivity index (χ4n) is 3.05. The quantitative estimate of drug-likeness (QED) is 0.825. The molecule has 1 fully saturated rings. The fraction of sp³-hybridized carbons (Fsp3) is 0.533. The fourth-order valence-corrected chi connectivity index (χ4v) is 3.05. The standard InChI is InChI=1S/C15H19NO2/c1-15(2)13-9-11(10-5-3-4-6-10)7-8-12(13)14(17)18-16-15/h7-10,16H,3-6H2,1-2H3. The summed E-state index contributed by atoms with van der Waals surface area (Å²) in [5.41, 5.74) is 5.65. The summed E-state index contributed by atoms with van der Waals surface area (Å²) < 4.78 is 0. The molecule has 0 saturated heterocycles. The first-order valence-electron chi connectivity index (χ1n) is 6.71. The second kappa shape index (κ2) is 4.09. The Kier molecular flexibility index (Phi) is 2.67. The lowest BCUT2D eigenvalue weighted by Gasteiger charge is -2.32. The molecule has 96 valence electrons. The third kappa shape index (κ3) is 1.83. The summed E-state index contributed by atoms with van der Waals surface area (Å²) in [4.78, 5) is 16.7. The second-order valence-corrected chi connectivity index (χ2v) is 5.90. The van der Waals surface area contributed by atoms with Crippen LogP contribution in [0.25, 0.3) is 0 Å². The van der Waals surface area contributed by atoms with E-state index >= 15 is 0 Å². The van der Waals surface area contributed by atoms with Crippen molar-refractivity contribution in [2.24, 2.45) is 0 Å². The van der Waals surface area contributed by atoms with Gasteiger partial charge in [-0.3, -0.25) is 0 Å². The van der Waals surface area contributed by atoms with Crippen LogP contribution in [-0.4, -0.2) is 5.97 Å². The predicted octanol–water partition coefficient (Wildman–Crippen LogP) is 3.25. The van der Waals surface area contributed by atoms with Gasteiger partial charge in [0.25, 0.3) is 0 Å². The summed E-state index contributed by atoms with van der Waals surface area (Å²) in [5, 5.41) is 0. The van der Waals surface area contributed by atoms with E-state index in [0.29, 0.717) is 11.5 Å². The van der Waals surface area contributed by atoms with Crippen LogP contribution in [0.4, 0.5) is 0 Å². The van der Waals surface area contributed by atoms with Crippen LogP contribution in [0.2, 0.25) is 0 Å². The molecule has 2 aliphatic rings. The van der Waals surface area contributed by atoms with Crippen LogP contribution in [-0.2, 0) is 10.4 Å². The van der Waals surface area contributed by atoms with Gasteiger partial charge in [-0.1, -0.05) is 25.0 Å². The molecule has 1 aromatic rings. The Balaban J connectivity index is 2.04. The first kappa shape index (κ1) is 11.7. The molecule has 18 heavy (non-hydrogen) atoms. The Hall–Kier alpha value is -1.35. The number of rotatable bonds is 1. The Morgan fingerprint density at radius 1 is 1.28 bits per heavy atom. The van der Waals surface area contributed by atoms with E-state index in [1.54, 1.807) is 0 Å². The van der Waals surface area contributed by atoms with Gasteiger partial charge in [0.05, 0.1) is 11.1 Å². The van der Waals surface area contributed by atoms with Gasteiger partial charge in [-0.25, -0.2) is 4.79 Å². The Labute approximate surface area is 107 Å². The minimum absolute atomic E-state index is 0.276. The average molecular weight is 245 g/mol. The molecule has 3 nitrogen and oxygen atoms in total. The molecule has 0 amide bonds. The predicted molar refractivity (Wildman–Crippen MR) is 69.2 cm³/mol. The Morgan fingerprint density at radius 3 is 2.72 bits per heavy atom. The van der Waals surface area contributed by atoms with Crippen LogP contribution in [0.1, 0.15) is 66.9 Å². The number of hydrogen-bond donors (Lipinski definition) is 1. The van der Waals surface area contributed by atoms with Crippen LogP contribution in [0.5, 0.6) is 0 Å². The van der Waals surface area contributed by atoms with Gasteiger partial charge < -0.3 is 4.84 Å². The molecule has 1 N–H and O–H groups in total. The van der Waals surface area contributed by atoms with Crippen molar-refractivity contribution in [1.29, 1.82) is 0 Å². The van der Waals surface area contributed by atoms with Gasteiger partial charge in [0, 0.05) is 0 Å². The molecule has 1 aliphatic carbocycles. The van der Waals surface area contributed by atoms with E-state index in [9.17, 15) is 4.79 Å². The number of nitrogens with one attached hydrogen (secondary N) is 1. The van der Waals surface area contributed by atoms with Crippen molar-refractivity contribution in [2.75, 3.05) is 0 Å². The number of hydroxylamine groups is 1. The first-order valence-corrected chi connectivity index (χ1v) is 6.71. The Bertz CT molecular complexity index is 487. The van der Waals surface area contributed by atoms with Gasteiger partial charge in [-0.15, -0.1) is 5.48 Å². The average Bonchev–Trinajstić information content (AvgIpc) is 2.88. The van der Waals surface area contributed by atoms with E-state index in [-0.39, 0.29) is 11.5 Å². The number of carbonyl (C=O) groups excluding carboxylic acids is 1. The molecule has 0 atom stereocenters. The summed E-state index contributed by atoms with van der Waals surface area (Å²) in [6.45, 7) is 4.08. The van der Waals surface area contributed by atoms with Crippen LogP contribution in [0.15, 0.2) is 18.2 Å². The van der Waals surface area contributed by atoms with Crippen LogP contribution in [0, 0.1) is 0 Å². The van der Waals surface area contributed by atoms with Crippen LogP contribution in [0.3, 0.4) is 0 Å². The van der Waals surface area contributed by atoms with Gasteiger partial charge in [-0.2, -0.15) is 0 Å². The van der Waals surface area contributed by atoms with Gasteiger partial charge >= 0.3 is 5.97 Å². The summed E-state index contributed by atoms with van der Waals surface area (Å²) in [5.74, 6) is 0.395. The highest BCUT2D eigenvalue weighted by Gasteiger charge is 2.34. The lowest BCUT2D eigenvalue weighted by atomic mass is 9.85. The van der Waals surface area contributed by atoms with Crippen molar-refractivity contribution in [2.45, 2.75) is 51.0 Å². The van der Waals surface area contributed by atoms with Gasteiger partial charge in [-0.05, 0) is 49.8 Å². The lowest BCUT2D eigenvalue weighted by molar-refractivity contribution is -0.00805. The zero-order chi connectivity index (χ0) is 12.8. The monoisotopic (exact) mass is 245 g/mol. The summed E-state index contributed by atoms with van der Waals surface area (Å²) in [6, 6.07) is 6.21. The third-order valence-electron chi connectivity index (χ3n) is 4.16. The van der Waals surface area contributed by atoms with E-state index in [1.165, 1.54) is 31.2 Å². The molecule has 1 aliphatic heterocycles. The summed E-state index contributed by atoms with van der Waals surface area (Å²) >= 11 is 0. The topological polar surface area (TPSA) is 38.3 Å². The van der Waals surface area contributed by atoms with Crippen LogP contribution >= 0.6 is 0 Å². The maximum Gasteiger partial charge on any atom is 0.357 e. The number of carbonyl (C=O) groups is 1. The van der Waals surface area contributed by atoms with Crippen molar-refractivity contribution in [1.82, 2.24) is 5.48 Å². The highest BCUT2D eigenvalue weighted by atomic mass is 16.7. The smallest absolute Gasteiger partial charge is 0.357 e. The van der Waals surface area contributed by atoms with Crippen molar-refractivity contribution in [3.8, 4) is 0 Å². The minimum atomic E-state index is -0.308. The number of hydrogen-bond acceptors (Lipinski definition) is 3. The van der Waals surface area contributed by atoms with Gasteiger partial charge in [0.1, 0.15) is 0 Å². The van der Waals surface area contributed by atoms with E-state index in [2.05, 4.69) is 17.6 Å². The first-order chi connectivity index (χ1) is 8.58. The van der Waals surface area contributed by atoms with Crippen molar-refractivity contribution >= 4 is 5.97 Å². The highest BCUT2D eigenvalue weighted by molar-refractivity contribution is 5.92. The molecule has 0 radical (unpaired) electrons. The van der Waals surface area contributed by atoms with Gasteiger partial charge in [0.2, 0.25) is 0 Å². The van der Waals surface area contributed by atoms with E-state index in [4.69, 9.17) is 4.84 Å². The zero-order valence-electron chi connectivity index (χ0n) is 11.0. The molecule has 3 heteroatoms. The molecule has 0 aromatic heterocycles. The highest BCUT2D eigenvalue weighted by Crippen LogP contribution is 2.37. The number of fused-ring (bicyclic) bond motifs is 1. The third-order valence-corrected chi connectivity index (χ3v) is 4.16. The molecule has 1 aromatic carbocycles. The van der Waals surface area contributed by atoms with E-state index in [1.807, 2.05) is 19.9 Å². The largest absolute Gasteiger partial charge is 0.366 e. The Morgan fingerprint density at radius 2 is 2.00 bits per heavy atom. The molecular weight excluding hydrogens is 226 g/mol. The lowest BCUT2D eigenvalue weighted by Crippen LogP contribution is -2.43. The second-order valence-electron chi connectivity index (χ2n) is 5.90. The van der Waals surface area contributed by atoms with Gasteiger partial charge in [0.15, 0.2) is 0 Å². The van der Waals surface area contributed by atoms with Crippen molar-refractivity contribution in [3.05, 3.63) is 34.9 Å². The van der Waals surface area contributed by atoms with E-state index in [0.717, 1.165) is 5.56 Å². The van der Waals surface area contributed by atoms with Crippen LogP contribution < -0.4 is 5.48 Å². The van der Waals surface area contributed by atoms with Crippen molar-refractivity contribution < 1.29 is 9.63 Å². The molecule has 0 spiro atoms. The summed E-state index contributed by atoms with van der Waals surface area (Å²) in [6.07, 6.45) is 5.20. The maximum absolute atomic E-state index is 11.7. The SMILES string of the molecule is CC1(C)NOC(=O)c2ccc(C3CCCC3)cc21. The van der Waals surface area contributed by atoms with E-state index < -0.39 is 0 Å². The molecule has 0 unspecified atom stereocenters. The number of benzene rings is 1.